The predicted molar refractivity (Wildman–Crippen MR) is 36.2 cm³/mol. The zero-order valence-corrected chi connectivity index (χ0v) is 18.3. The molecule has 0 aromatic heterocycles. The van der Waals surface area contributed by atoms with Crippen LogP contribution in [0.2, 0.25) is 0 Å². The molecule has 1 rings (SSSR count). The van der Waals surface area contributed by atoms with Crippen LogP contribution in [0, 0.1) is 0 Å². The maximum absolute atomic E-state index is 10.3. The fraction of sp³-hybridized carbons (Fsp3) is 0. The van der Waals surface area contributed by atoms with E-state index in [1.807, 2.05) is 0 Å². The molecule has 1 aromatic rings. The molecule has 0 aliphatic heterocycles. The summed E-state index contributed by atoms with van der Waals surface area (Å²) in [6.07, 6.45) is 0. The molecule has 0 unspecified atom stereocenters. The van der Waals surface area contributed by atoms with E-state index in [4.69, 9.17) is 0 Å². The Labute approximate surface area is 216 Å². The Bertz CT molecular complexity index is 313. The minimum absolute atomic E-state index is 0. The molecule has 0 amide bonds. The summed E-state index contributed by atoms with van der Waals surface area (Å²) in [5.41, 5.74) is -0.727. The number of rotatable bonds is 2. The van der Waals surface area contributed by atoms with Crippen molar-refractivity contribution in [2.75, 3.05) is 0 Å². The number of carboxylic acid groups (broad SMARTS) is 2. The van der Waals surface area contributed by atoms with Crippen molar-refractivity contribution in [3.63, 3.8) is 0 Å². The zero-order chi connectivity index (χ0) is 9.14. The molecule has 0 saturated carbocycles. The summed E-state index contributed by atoms with van der Waals surface area (Å²) >= 11 is 0. The van der Waals surface area contributed by atoms with E-state index in [-0.39, 0.29) is 167 Å². The van der Waals surface area contributed by atoms with Crippen molar-refractivity contribution in [1.29, 1.82) is 0 Å². The first-order valence-corrected chi connectivity index (χ1v) is 3.14. The molecule has 7 heteroatoms. The van der Waals surface area contributed by atoms with Gasteiger partial charge in [0.25, 0.3) is 0 Å². The largest absolute Gasteiger partial charge is 1.00 e. The summed E-state index contributed by atoms with van der Waals surface area (Å²) < 4.78 is 0. The van der Waals surface area contributed by atoms with Crippen LogP contribution in [0.1, 0.15) is 22.1 Å². The fourth-order valence-electron chi connectivity index (χ4n) is 0.839. The van der Waals surface area contributed by atoms with E-state index in [1.54, 1.807) is 0 Å². The van der Waals surface area contributed by atoms with Gasteiger partial charge in [0.15, 0.2) is 0 Å². The Hall–Kier alpha value is 3.07. The summed E-state index contributed by atoms with van der Waals surface area (Å²) in [4.78, 5) is 20.6. The van der Waals surface area contributed by atoms with Crippen LogP contribution in [0.15, 0.2) is 24.3 Å². The molecule has 0 fully saturated rings. The second-order valence-electron chi connectivity index (χ2n) is 2.12. The van der Waals surface area contributed by atoms with Crippen LogP contribution < -0.4 is 164 Å². The zero-order valence-electron chi connectivity index (χ0n) is 9.94. The molecule has 0 aliphatic carbocycles. The minimum atomic E-state index is -1.52. The van der Waals surface area contributed by atoms with Gasteiger partial charge in [-0.15, -0.1) is 0 Å². The molecule has 1 aromatic carbocycles. The second kappa shape index (κ2) is 12.1. The van der Waals surface area contributed by atoms with Crippen LogP contribution in [0.4, 0.5) is 0 Å². The van der Waals surface area contributed by atoms with Gasteiger partial charge >= 0.3 is 154 Å². The summed E-state index contributed by atoms with van der Waals surface area (Å²) in [6, 6.07) is 5.14. The maximum atomic E-state index is 10.3. The summed E-state index contributed by atoms with van der Waals surface area (Å²) in [5, 5.41) is 20.6. The Morgan fingerprint density at radius 3 is 1.33 bits per heavy atom. The average molecular weight is 282 g/mol. The number of aromatic carboxylic acids is 2. The third-order valence-corrected chi connectivity index (χ3v) is 1.37. The van der Waals surface area contributed by atoms with Gasteiger partial charge in [-0.05, 0) is 0 Å². The van der Waals surface area contributed by atoms with Crippen molar-refractivity contribution >= 4 is 11.9 Å². The van der Waals surface area contributed by atoms with E-state index >= 15 is 0 Å². The molecule has 15 heavy (non-hydrogen) atoms. The van der Waals surface area contributed by atoms with Gasteiger partial charge < -0.3 is 21.2 Å². The predicted octanol–water partition coefficient (Wildman–Crippen LogP) is -10.5. The van der Waals surface area contributed by atoms with E-state index in [0.29, 0.717) is 0 Å². The number of hydrogen-bond donors (Lipinski definition) is 0. The van der Waals surface area contributed by atoms with Gasteiger partial charge in [-0.1, -0.05) is 24.3 Å². The van der Waals surface area contributed by atoms with Gasteiger partial charge in [-0.25, -0.2) is 0 Å². The van der Waals surface area contributed by atoms with Crippen LogP contribution in [0.5, 0.6) is 0 Å². The number of benzene rings is 1. The van der Waals surface area contributed by atoms with Crippen molar-refractivity contribution in [2.24, 2.45) is 0 Å². The summed E-state index contributed by atoms with van der Waals surface area (Å²) in [5.74, 6) is -3.04. The molecule has 0 aliphatic rings. The minimum Gasteiger partial charge on any atom is -1.00 e. The van der Waals surface area contributed by atoms with Crippen molar-refractivity contribution in [1.82, 2.24) is 0 Å². The quantitative estimate of drug-likeness (QED) is 0.505. The molecule has 0 N–H and O–H groups in total. The first-order chi connectivity index (χ1) is 5.63. The van der Waals surface area contributed by atoms with Crippen LogP contribution in [-0.2, 0) is 0 Å². The second-order valence-corrected chi connectivity index (χ2v) is 2.12. The average Bonchev–Trinajstić information content (AvgIpc) is 2.04. The number of carbonyl (C=O) groups excluding carboxylic acids is 2. The summed E-state index contributed by atoms with van der Waals surface area (Å²) in [7, 11) is 0. The molecule has 0 saturated heterocycles. The maximum Gasteiger partial charge on any atom is 1.00 e. The van der Waals surface area contributed by atoms with Crippen LogP contribution in [0.25, 0.3) is 0 Å². The first-order valence-electron chi connectivity index (χ1n) is 3.14. The van der Waals surface area contributed by atoms with Gasteiger partial charge in [0.1, 0.15) is 0 Å². The Morgan fingerprint density at radius 1 is 0.867 bits per heavy atom. The van der Waals surface area contributed by atoms with E-state index in [9.17, 15) is 19.8 Å². The fourth-order valence-corrected chi connectivity index (χ4v) is 0.839. The Kier molecular flexibility index (Phi) is 18.7. The van der Waals surface area contributed by atoms with Crippen molar-refractivity contribution in [3.05, 3.63) is 35.4 Å². The summed E-state index contributed by atoms with van der Waals surface area (Å²) in [6.45, 7) is 0. The van der Waals surface area contributed by atoms with Crippen LogP contribution in [0.3, 0.4) is 0 Å². The van der Waals surface area contributed by atoms with E-state index in [0.717, 1.165) is 12.1 Å². The normalized spacial score (nSPS) is 7.47. The van der Waals surface area contributed by atoms with E-state index in [1.165, 1.54) is 12.1 Å². The van der Waals surface area contributed by atoms with Gasteiger partial charge in [0, 0.05) is 11.1 Å². The van der Waals surface area contributed by atoms with Gasteiger partial charge in [0.2, 0.25) is 0 Å². The molecule has 0 radical (unpaired) electrons. The molecule has 0 heterocycles. The Balaban J connectivity index is -0.000000180. The van der Waals surface area contributed by atoms with Crippen LogP contribution >= 0.6 is 0 Å². The molecule has 0 atom stereocenters. The van der Waals surface area contributed by atoms with E-state index in [2.05, 4.69) is 0 Å². The van der Waals surface area contributed by atoms with Gasteiger partial charge in [0.05, 0.1) is 11.9 Å². The monoisotopic (exact) mass is 282 g/mol. The number of carboxylic acids is 2. The Morgan fingerprint density at radius 2 is 1.13 bits per heavy atom. The first kappa shape index (κ1) is 23.2. The molecule has 0 spiro atoms. The van der Waals surface area contributed by atoms with E-state index < -0.39 is 11.9 Å². The standard InChI is InChI=1S/C8H6O4.3K.H/c9-7(10)5-3-1-2-4-6(5)8(11)12;;;;/h1-4H,(H,9,10)(H,11,12);;;;/q;3*+1;-1/p-2. The van der Waals surface area contributed by atoms with Crippen LogP contribution in [-0.4, -0.2) is 11.9 Å². The molecule has 64 valence electrons. The molecular formula is C8H5K3O4. The van der Waals surface area contributed by atoms with Crippen molar-refractivity contribution < 1.29 is 175 Å². The SMILES string of the molecule is O=C([O-])c1ccccc1C(=O)[O-].[H-].[K+].[K+].[K+]. The molecule has 4 nitrogen and oxygen atoms in total. The number of carbonyl (C=O) groups is 2. The van der Waals surface area contributed by atoms with Gasteiger partial charge in [-0.3, -0.25) is 0 Å². The molecule has 0 bridgehead atoms. The molecular weight excluding hydrogens is 277 g/mol. The van der Waals surface area contributed by atoms with Gasteiger partial charge in [-0.2, -0.15) is 0 Å². The van der Waals surface area contributed by atoms with Crippen molar-refractivity contribution in [2.45, 2.75) is 0 Å². The smallest absolute Gasteiger partial charge is 1.00 e. The third kappa shape index (κ3) is 7.96. The third-order valence-electron chi connectivity index (χ3n) is 1.37. The van der Waals surface area contributed by atoms with Crippen molar-refractivity contribution in [3.8, 4) is 0 Å². The topological polar surface area (TPSA) is 80.3 Å². The number of hydrogen-bond acceptors (Lipinski definition) is 4.